The van der Waals surface area contributed by atoms with Crippen LogP contribution in [0.1, 0.15) is 35.7 Å². The molecule has 0 aliphatic carbocycles. The molecule has 0 spiro atoms. The van der Waals surface area contributed by atoms with Gasteiger partial charge < -0.3 is 0 Å². The molecule has 1 rings (SSSR count). The number of benzene rings is 1. The Morgan fingerprint density at radius 1 is 1.24 bits per heavy atom. The average molecular weight is 285 g/mol. The Kier molecular flexibility index (Phi) is 4.10. The topological polar surface area (TPSA) is 17.1 Å². The van der Waals surface area contributed by atoms with Crippen LogP contribution in [-0.4, -0.2) is 12.0 Å². The van der Waals surface area contributed by atoms with Crippen molar-refractivity contribution in [2.24, 2.45) is 0 Å². The molecule has 0 fully saturated rings. The number of carbonyl (C=O) groups excluding carboxylic acids is 1. The monoisotopic (exact) mass is 284 g/mol. The highest BCUT2D eigenvalue weighted by Crippen LogP contribution is 2.36. The van der Waals surface area contributed by atoms with Crippen molar-refractivity contribution in [1.29, 1.82) is 0 Å². The van der Waals surface area contributed by atoms with E-state index < -0.39 is 17.5 Å². The van der Waals surface area contributed by atoms with Gasteiger partial charge in [-0.2, -0.15) is 13.2 Å². The fourth-order valence-corrected chi connectivity index (χ4v) is 2.12. The van der Waals surface area contributed by atoms with Crippen molar-refractivity contribution < 1.29 is 18.0 Å². The van der Waals surface area contributed by atoms with Crippen molar-refractivity contribution in [2.45, 2.75) is 25.9 Å². The van der Waals surface area contributed by atoms with Crippen molar-refractivity contribution in [2.75, 3.05) is 0 Å². The molecule has 0 aromatic heterocycles. The van der Waals surface area contributed by atoms with Gasteiger partial charge in [0, 0.05) is 0 Å². The van der Waals surface area contributed by atoms with E-state index in [9.17, 15) is 18.0 Å². The number of rotatable bonds is 2. The highest BCUT2D eigenvalue weighted by atomic mass is 35.5. The molecule has 0 heterocycles. The van der Waals surface area contributed by atoms with Crippen molar-refractivity contribution >= 4 is 29.0 Å². The molecule has 0 saturated heterocycles. The summed E-state index contributed by atoms with van der Waals surface area (Å²) in [5, 5.41) is -0.517. The first-order valence-electron chi connectivity index (χ1n) is 4.75. The van der Waals surface area contributed by atoms with Gasteiger partial charge in [0.05, 0.1) is 15.6 Å². The van der Waals surface area contributed by atoms with Crippen molar-refractivity contribution in [3.63, 3.8) is 0 Å². The average Bonchev–Trinajstić information content (AvgIpc) is 2.15. The molecule has 0 aliphatic heterocycles. The summed E-state index contributed by atoms with van der Waals surface area (Å²) < 4.78 is 37.1. The van der Waals surface area contributed by atoms with E-state index in [1.54, 1.807) is 13.8 Å². The Labute approximate surface area is 107 Å². The highest BCUT2D eigenvalue weighted by molar-refractivity contribution is 6.40. The van der Waals surface area contributed by atoms with E-state index in [0.717, 1.165) is 0 Å². The van der Waals surface area contributed by atoms with Crippen molar-refractivity contribution in [3.8, 4) is 0 Å². The quantitative estimate of drug-likeness (QED) is 0.709. The molecule has 0 N–H and O–H groups in total. The number of halogens is 5. The summed E-state index contributed by atoms with van der Waals surface area (Å²) in [6.45, 7) is 3.52. The van der Waals surface area contributed by atoms with Gasteiger partial charge in [0.1, 0.15) is 0 Å². The van der Waals surface area contributed by atoms with E-state index in [1.165, 1.54) is 12.1 Å². The first-order chi connectivity index (χ1) is 7.66. The molecule has 0 bridgehead atoms. The van der Waals surface area contributed by atoms with E-state index in [4.69, 9.17) is 23.2 Å². The normalized spacial score (nSPS) is 12.0. The molecule has 17 heavy (non-hydrogen) atoms. The van der Waals surface area contributed by atoms with Crippen LogP contribution in [0.4, 0.5) is 13.2 Å². The third kappa shape index (κ3) is 2.93. The van der Waals surface area contributed by atoms with Crippen LogP contribution in [0.2, 0.25) is 10.0 Å². The number of hydrogen-bond acceptors (Lipinski definition) is 1. The zero-order chi connectivity index (χ0) is 13.4. The second kappa shape index (κ2) is 4.86. The Hall–Kier alpha value is -0.740. The van der Waals surface area contributed by atoms with Crippen LogP contribution < -0.4 is 0 Å². The van der Waals surface area contributed by atoms with Crippen LogP contribution >= 0.6 is 23.2 Å². The summed E-state index contributed by atoms with van der Waals surface area (Å²) in [7, 11) is 0. The molecule has 0 amide bonds. The van der Waals surface area contributed by atoms with Crippen LogP contribution in [-0.2, 0) is 0 Å². The zero-order valence-corrected chi connectivity index (χ0v) is 10.5. The fraction of sp³-hybridized carbons (Fsp3) is 0.364. The summed E-state index contributed by atoms with van der Waals surface area (Å²) >= 11 is 11.4. The minimum atomic E-state index is -4.98. The molecular formula is C11H9Cl2F3O. The molecule has 0 aliphatic rings. The van der Waals surface area contributed by atoms with Gasteiger partial charge in [0.2, 0.25) is 0 Å². The third-order valence-corrected chi connectivity index (χ3v) is 2.95. The molecule has 0 radical (unpaired) electrons. The lowest BCUT2D eigenvalue weighted by molar-refractivity contribution is -0.0885. The molecule has 0 saturated carbocycles. The first-order valence-corrected chi connectivity index (χ1v) is 5.51. The van der Waals surface area contributed by atoms with Gasteiger partial charge in [0.15, 0.2) is 0 Å². The van der Waals surface area contributed by atoms with Gasteiger partial charge >= 0.3 is 6.18 Å². The first kappa shape index (κ1) is 14.3. The molecule has 1 aromatic rings. The van der Waals surface area contributed by atoms with Crippen LogP contribution in [0.3, 0.4) is 0 Å². The van der Waals surface area contributed by atoms with E-state index in [-0.39, 0.29) is 16.0 Å². The largest absolute Gasteiger partial charge is 0.454 e. The van der Waals surface area contributed by atoms with Gasteiger partial charge in [-0.25, -0.2) is 0 Å². The lowest BCUT2D eigenvalue weighted by atomic mass is 9.98. The predicted molar refractivity (Wildman–Crippen MR) is 60.9 cm³/mol. The van der Waals surface area contributed by atoms with Gasteiger partial charge in [-0.05, 0) is 17.5 Å². The number of carbonyl (C=O) groups is 1. The maximum Gasteiger partial charge on any atom is 0.454 e. The summed E-state index contributed by atoms with van der Waals surface area (Å²) in [6, 6.07) is 2.77. The standard InChI is InChI=1S/C11H9Cl2F3O/c1-5(2)6-3-4-7(12)8(9(6)13)10(17)11(14,15)16/h3-5H,1-2H3. The van der Waals surface area contributed by atoms with E-state index >= 15 is 0 Å². The minimum absolute atomic E-state index is 0.0976. The smallest absolute Gasteiger partial charge is 0.284 e. The summed E-state index contributed by atoms with van der Waals surface area (Å²) in [5.41, 5.74) is -0.212. The van der Waals surface area contributed by atoms with E-state index in [1.807, 2.05) is 0 Å². The molecule has 0 unspecified atom stereocenters. The molecule has 94 valence electrons. The summed E-state index contributed by atoms with van der Waals surface area (Å²) in [5.74, 6) is -2.12. The summed E-state index contributed by atoms with van der Waals surface area (Å²) in [4.78, 5) is 11.2. The molecule has 1 nitrogen and oxygen atoms in total. The lowest BCUT2D eigenvalue weighted by Crippen LogP contribution is -2.23. The number of hydrogen-bond donors (Lipinski definition) is 0. The van der Waals surface area contributed by atoms with Gasteiger partial charge in [-0.15, -0.1) is 0 Å². The Balaban J connectivity index is 3.43. The Morgan fingerprint density at radius 2 is 1.76 bits per heavy atom. The van der Waals surface area contributed by atoms with Crippen LogP contribution in [0.15, 0.2) is 12.1 Å². The molecule has 6 heteroatoms. The van der Waals surface area contributed by atoms with Crippen LogP contribution in [0, 0.1) is 0 Å². The SMILES string of the molecule is CC(C)c1ccc(Cl)c(C(=O)C(F)(F)F)c1Cl. The van der Waals surface area contributed by atoms with Gasteiger partial charge in [-0.1, -0.05) is 43.1 Å². The fourth-order valence-electron chi connectivity index (χ4n) is 1.36. The van der Waals surface area contributed by atoms with E-state index in [2.05, 4.69) is 0 Å². The Bertz CT molecular complexity index is 453. The third-order valence-electron chi connectivity index (χ3n) is 2.23. The Morgan fingerprint density at radius 3 is 2.18 bits per heavy atom. The number of ketones is 1. The van der Waals surface area contributed by atoms with Gasteiger partial charge in [-0.3, -0.25) is 4.79 Å². The van der Waals surface area contributed by atoms with Crippen LogP contribution in [0.5, 0.6) is 0 Å². The molecule has 1 aromatic carbocycles. The second-order valence-corrected chi connectivity index (χ2v) is 4.59. The number of alkyl halides is 3. The number of Topliss-reactive ketones (excluding diaryl/α,β-unsaturated/α-hetero) is 1. The summed E-state index contributed by atoms with van der Waals surface area (Å²) in [6.07, 6.45) is -4.98. The maximum atomic E-state index is 12.4. The van der Waals surface area contributed by atoms with Crippen LogP contribution in [0.25, 0.3) is 0 Å². The van der Waals surface area contributed by atoms with Gasteiger partial charge in [0.25, 0.3) is 5.78 Å². The zero-order valence-electron chi connectivity index (χ0n) is 9.03. The highest BCUT2D eigenvalue weighted by Gasteiger charge is 2.41. The maximum absolute atomic E-state index is 12.4. The predicted octanol–water partition coefficient (Wildman–Crippen LogP) is 4.86. The molecule has 0 atom stereocenters. The molecular weight excluding hydrogens is 276 g/mol. The lowest BCUT2D eigenvalue weighted by Gasteiger charge is -2.14. The second-order valence-electron chi connectivity index (χ2n) is 3.81. The van der Waals surface area contributed by atoms with Crippen molar-refractivity contribution in [3.05, 3.63) is 33.3 Å². The van der Waals surface area contributed by atoms with E-state index in [0.29, 0.717) is 5.56 Å². The minimum Gasteiger partial charge on any atom is -0.284 e. The van der Waals surface area contributed by atoms with Crippen molar-refractivity contribution in [1.82, 2.24) is 0 Å².